The quantitative estimate of drug-likeness (QED) is 0.429. The molecule has 104 valence electrons. The smallest absolute Gasteiger partial charge is 0.188 e. The predicted molar refractivity (Wildman–Crippen MR) is 83.3 cm³/mol. The summed E-state index contributed by atoms with van der Waals surface area (Å²) in [6, 6.07) is 1.83. The first kappa shape index (κ1) is 17.2. The summed E-state index contributed by atoms with van der Waals surface area (Å²) in [5.74, 6) is 1.83. The van der Waals surface area contributed by atoms with Gasteiger partial charge in [-0.2, -0.15) is 0 Å². The van der Waals surface area contributed by atoms with Crippen molar-refractivity contribution in [3.05, 3.63) is 23.2 Å². The van der Waals surface area contributed by atoms with E-state index in [1.807, 2.05) is 26.8 Å². The molecule has 0 aliphatic carbocycles. The van der Waals surface area contributed by atoms with Crippen LogP contribution in [0.15, 0.2) is 15.5 Å². The van der Waals surface area contributed by atoms with Gasteiger partial charge in [0.25, 0.3) is 0 Å². The fourth-order valence-electron chi connectivity index (χ4n) is 1.73. The zero-order valence-corrected chi connectivity index (χ0v) is 13.6. The van der Waals surface area contributed by atoms with E-state index in [1.165, 1.54) is 0 Å². The Morgan fingerprint density at radius 3 is 2.61 bits per heavy atom. The molecule has 18 heavy (non-hydrogen) atoms. The van der Waals surface area contributed by atoms with Gasteiger partial charge in [-0.3, -0.25) is 4.99 Å². The van der Waals surface area contributed by atoms with Gasteiger partial charge in [0.1, 0.15) is 17.1 Å². The predicted octanol–water partition coefficient (Wildman–Crippen LogP) is 1.65. The molecule has 0 fully saturated rings. The SMILES string of the molecule is CCNC(N)=NCC(C)(O)c1cc(C)oc1C.I. The van der Waals surface area contributed by atoms with E-state index < -0.39 is 5.60 Å². The number of nitrogens with one attached hydrogen (secondary N) is 1. The fourth-order valence-corrected chi connectivity index (χ4v) is 1.73. The Balaban J connectivity index is 0.00000289. The van der Waals surface area contributed by atoms with Gasteiger partial charge >= 0.3 is 0 Å². The molecule has 0 amide bonds. The van der Waals surface area contributed by atoms with E-state index in [4.69, 9.17) is 10.2 Å². The summed E-state index contributed by atoms with van der Waals surface area (Å²) in [5, 5.41) is 13.2. The molecule has 5 nitrogen and oxygen atoms in total. The molecule has 0 spiro atoms. The summed E-state index contributed by atoms with van der Waals surface area (Å²) in [6.45, 7) is 8.22. The molecule has 0 aromatic carbocycles. The summed E-state index contributed by atoms with van der Waals surface area (Å²) in [4.78, 5) is 4.10. The van der Waals surface area contributed by atoms with Crippen LogP contribution in [0.5, 0.6) is 0 Å². The van der Waals surface area contributed by atoms with Crippen molar-refractivity contribution in [1.82, 2.24) is 5.32 Å². The zero-order chi connectivity index (χ0) is 13.1. The molecule has 1 heterocycles. The van der Waals surface area contributed by atoms with Crippen LogP contribution in [0.2, 0.25) is 0 Å². The van der Waals surface area contributed by atoms with E-state index in [0.29, 0.717) is 18.3 Å². The average Bonchev–Trinajstić information content (AvgIpc) is 2.56. The number of halogens is 1. The van der Waals surface area contributed by atoms with E-state index in [2.05, 4.69) is 10.3 Å². The van der Waals surface area contributed by atoms with Gasteiger partial charge in [0.15, 0.2) is 5.96 Å². The minimum Gasteiger partial charge on any atom is -0.466 e. The first-order valence-corrected chi connectivity index (χ1v) is 5.70. The number of rotatable bonds is 4. The van der Waals surface area contributed by atoms with Gasteiger partial charge in [0.2, 0.25) is 0 Å². The van der Waals surface area contributed by atoms with Crippen LogP contribution in [0.4, 0.5) is 0 Å². The molecule has 6 heteroatoms. The second-order valence-corrected chi connectivity index (χ2v) is 4.33. The first-order chi connectivity index (χ1) is 7.86. The van der Waals surface area contributed by atoms with Crippen molar-refractivity contribution >= 4 is 29.9 Å². The summed E-state index contributed by atoms with van der Waals surface area (Å²) in [7, 11) is 0. The number of guanidine groups is 1. The summed E-state index contributed by atoms with van der Waals surface area (Å²) >= 11 is 0. The van der Waals surface area contributed by atoms with Crippen LogP contribution in [0.25, 0.3) is 0 Å². The van der Waals surface area contributed by atoms with Gasteiger partial charge in [-0.15, -0.1) is 24.0 Å². The monoisotopic (exact) mass is 367 g/mol. The van der Waals surface area contributed by atoms with E-state index in [9.17, 15) is 5.11 Å². The highest BCUT2D eigenvalue weighted by atomic mass is 127. The summed E-state index contributed by atoms with van der Waals surface area (Å²) in [6.07, 6.45) is 0. The second kappa shape index (κ2) is 6.98. The third-order valence-corrected chi connectivity index (χ3v) is 2.54. The molecule has 0 saturated carbocycles. The Labute approximate surface area is 125 Å². The molecule has 1 atom stereocenters. The number of aliphatic hydroxyl groups is 1. The highest BCUT2D eigenvalue weighted by Crippen LogP contribution is 2.27. The number of aryl methyl sites for hydroxylation is 2. The molecule has 0 aliphatic rings. The number of aliphatic imine (C=N–C) groups is 1. The van der Waals surface area contributed by atoms with Crippen LogP contribution in [-0.2, 0) is 5.60 Å². The van der Waals surface area contributed by atoms with Crippen molar-refractivity contribution in [3.63, 3.8) is 0 Å². The van der Waals surface area contributed by atoms with Crippen LogP contribution in [0.3, 0.4) is 0 Å². The molecular formula is C12H22IN3O2. The van der Waals surface area contributed by atoms with Gasteiger partial charge in [-0.05, 0) is 33.8 Å². The molecule has 4 N–H and O–H groups in total. The lowest BCUT2D eigenvalue weighted by Crippen LogP contribution is -2.34. The molecule has 0 radical (unpaired) electrons. The Kier molecular flexibility index (Phi) is 6.69. The van der Waals surface area contributed by atoms with Crippen LogP contribution in [0.1, 0.15) is 30.9 Å². The van der Waals surface area contributed by atoms with Crippen LogP contribution in [0, 0.1) is 13.8 Å². The molecule has 0 saturated heterocycles. The topological polar surface area (TPSA) is 83.8 Å². The zero-order valence-electron chi connectivity index (χ0n) is 11.3. The summed E-state index contributed by atoms with van der Waals surface area (Å²) in [5.41, 5.74) is 5.30. The maximum Gasteiger partial charge on any atom is 0.188 e. The maximum absolute atomic E-state index is 10.3. The van der Waals surface area contributed by atoms with Gasteiger partial charge in [-0.1, -0.05) is 0 Å². The number of furan rings is 1. The Morgan fingerprint density at radius 2 is 2.17 bits per heavy atom. The molecular weight excluding hydrogens is 345 g/mol. The lowest BCUT2D eigenvalue weighted by atomic mass is 9.96. The molecule has 1 aromatic rings. The van der Waals surface area contributed by atoms with Crippen LogP contribution < -0.4 is 11.1 Å². The van der Waals surface area contributed by atoms with E-state index in [0.717, 1.165) is 11.3 Å². The van der Waals surface area contributed by atoms with Crippen molar-refractivity contribution in [3.8, 4) is 0 Å². The van der Waals surface area contributed by atoms with Gasteiger partial charge < -0.3 is 20.6 Å². The Hall–Kier alpha value is -0.760. The van der Waals surface area contributed by atoms with Crippen LogP contribution in [-0.4, -0.2) is 24.2 Å². The van der Waals surface area contributed by atoms with Gasteiger partial charge in [-0.25, -0.2) is 0 Å². The van der Waals surface area contributed by atoms with Crippen molar-refractivity contribution in [2.75, 3.05) is 13.1 Å². The lowest BCUT2D eigenvalue weighted by molar-refractivity contribution is 0.0657. The third-order valence-electron chi connectivity index (χ3n) is 2.54. The number of hydrogen-bond donors (Lipinski definition) is 3. The highest BCUT2D eigenvalue weighted by Gasteiger charge is 2.27. The van der Waals surface area contributed by atoms with Gasteiger partial charge in [0, 0.05) is 12.1 Å². The normalized spacial score (nSPS) is 14.8. The molecule has 1 rings (SSSR count). The second-order valence-electron chi connectivity index (χ2n) is 4.33. The Bertz CT molecular complexity index is 413. The van der Waals surface area contributed by atoms with E-state index in [1.54, 1.807) is 6.92 Å². The standard InChI is InChI=1S/C12H21N3O2.HI/c1-5-14-11(13)15-7-12(4,16)10-6-8(2)17-9(10)3;/h6,16H,5,7H2,1-4H3,(H3,13,14,15);1H. The van der Waals surface area contributed by atoms with Gasteiger partial charge in [0.05, 0.1) is 6.54 Å². The minimum atomic E-state index is -1.07. The number of nitrogens with two attached hydrogens (primary N) is 1. The van der Waals surface area contributed by atoms with Crippen LogP contribution >= 0.6 is 24.0 Å². The Morgan fingerprint density at radius 1 is 1.56 bits per heavy atom. The highest BCUT2D eigenvalue weighted by molar-refractivity contribution is 14.0. The fraction of sp³-hybridized carbons (Fsp3) is 0.583. The lowest BCUT2D eigenvalue weighted by Gasteiger charge is -2.20. The molecule has 1 aromatic heterocycles. The van der Waals surface area contributed by atoms with E-state index in [-0.39, 0.29) is 30.5 Å². The number of hydrogen-bond acceptors (Lipinski definition) is 3. The summed E-state index contributed by atoms with van der Waals surface area (Å²) < 4.78 is 5.40. The minimum absolute atomic E-state index is 0. The number of nitrogens with zero attached hydrogens (tertiary/aromatic N) is 1. The average molecular weight is 367 g/mol. The largest absolute Gasteiger partial charge is 0.466 e. The van der Waals surface area contributed by atoms with Crippen molar-refractivity contribution < 1.29 is 9.52 Å². The maximum atomic E-state index is 10.3. The third kappa shape index (κ3) is 4.49. The van der Waals surface area contributed by atoms with Crippen molar-refractivity contribution in [1.29, 1.82) is 0 Å². The molecule has 0 bridgehead atoms. The van der Waals surface area contributed by atoms with Crippen molar-refractivity contribution in [2.45, 2.75) is 33.3 Å². The van der Waals surface area contributed by atoms with Crippen molar-refractivity contribution in [2.24, 2.45) is 10.7 Å². The first-order valence-electron chi connectivity index (χ1n) is 5.70. The molecule has 1 unspecified atom stereocenters. The molecule has 0 aliphatic heterocycles. The van der Waals surface area contributed by atoms with E-state index >= 15 is 0 Å².